The fourth-order valence-electron chi connectivity index (χ4n) is 2.96. The van der Waals surface area contributed by atoms with Crippen molar-refractivity contribution in [3.63, 3.8) is 0 Å². The highest BCUT2D eigenvalue weighted by Gasteiger charge is 2.20. The van der Waals surface area contributed by atoms with Crippen LogP contribution >= 0.6 is 11.6 Å². The van der Waals surface area contributed by atoms with Crippen LogP contribution in [0.4, 0.5) is 5.69 Å². The van der Waals surface area contributed by atoms with Crippen molar-refractivity contribution in [1.82, 2.24) is 0 Å². The third-order valence-corrected chi connectivity index (χ3v) is 4.66. The molecule has 0 bridgehead atoms. The lowest BCUT2D eigenvalue weighted by molar-refractivity contribution is -0.119. The van der Waals surface area contributed by atoms with E-state index in [2.05, 4.69) is 5.32 Å². The number of anilines is 1. The molecule has 0 radical (unpaired) electrons. The molecule has 2 aromatic carbocycles. The van der Waals surface area contributed by atoms with Gasteiger partial charge in [-0.3, -0.25) is 4.79 Å². The van der Waals surface area contributed by atoms with Crippen molar-refractivity contribution in [3.8, 4) is 0 Å². The smallest absolute Gasteiger partial charge is 0.375 e. The first-order chi connectivity index (χ1) is 12.9. The summed E-state index contributed by atoms with van der Waals surface area (Å²) in [7, 11) is 0. The molecule has 0 saturated heterocycles. The number of amides is 1. The number of aryl methyl sites for hydroxylation is 3. The Morgan fingerprint density at radius 3 is 2.70 bits per heavy atom. The van der Waals surface area contributed by atoms with Crippen LogP contribution in [0.25, 0.3) is 11.0 Å². The van der Waals surface area contributed by atoms with Crippen molar-refractivity contribution in [1.29, 1.82) is 0 Å². The molecule has 0 saturated carbocycles. The highest BCUT2D eigenvalue weighted by Crippen LogP contribution is 2.28. The Balaban J connectivity index is 1.69. The average molecular weight is 386 g/mol. The summed E-state index contributed by atoms with van der Waals surface area (Å²) in [6.07, 6.45) is 0.790. The molecule has 5 nitrogen and oxygen atoms in total. The summed E-state index contributed by atoms with van der Waals surface area (Å²) in [5.41, 5.74) is 3.92. The molecule has 27 heavy (non-hydrogen) atoms. The molecular formula is C21H20ClNO4. The molecule has 0 aliphatic rings. The molecule has 0 fully saturated rings. The molecule has 0 spiro atoms. The predicted molar refractivity (Wildman–Crippen MR) is 105 cm³/mol. The van der Waals surface area contributed by atoms with Gasteiger partial charge in [-0.1, -0.05) is 36.7 Å². The van der Waals surface area contributed by atoms with Gasteiger partial charge in [0, 0.05) is 21.7 Å². The lowest BCUT2D eigenvalue weighted by atomic mass is 10.1. The Morgan fingerprint density at radius 1 is 1.19 bits per heavy atom. The maximum Gasteiger partial charge on any atom is 0.375 e. The fourth-order valence-corrected chi connectivity index (χ4v) is 3.13. The highest BCUT2D eigenvalue weighted by atomic mass is 35.5. The van der Waals surface area contributed by atoms with Crippen LogP contribution in [-0.2, 0) is 16.0 Å². The topological polar surface area (TPSA) is 68.5 Å². The summed E-state index contributed by atoms with van der Waals surface area (Å²) >= 11 is 5.99. The van der Waals surface area contributed by atoms with Crippen LogP contribution in [-0.4, -0.2) is 18.5 Å². The van der Waals surface area contributed by atoms with E-state index in [0.29, 0.717) is 16.2 Å². The summed E-state index contributed by atoms with van der Waals surface area (Å²) in [6.45, 7) is 5.29. The number of hydrogen-bond acceptors (Lipinski definition) is 4. The predicted octanol–water partition coefficient (Wildman–Crippen LogP) is 5.06. The molecular weight excluding hydrogens is 366 g/mol. The van der Waals surface area contributed by atoms with E-state index in [-0.39, 0.29) is 5.76 Å². The number of nitrogens with one attached hydrogen (secondary N) is 1. The Morgan fingerprint density at radius 2 is 1.96 bits per heavy atom. The van der Waals surface area contributed by atoms with Gasteiger partial charge in [0.15, 0.2) is 6.61 Å². The van der Waals surface area contributed by atoms with Gasteiger partial charge in [-0.05, 0) is 49.6 Å². The Kier molecular flexibility index (Phi) is 5.51. The van der Waals surface area contributed by atoms with Crippen LogP contribution in [0.15, 0.2) is 40.8 Å². The third kappa shape index (κ3) is 3.98. The zero-order valence-corrected chi connectivity index (χ0v) is 16.1. The quantitative estimate of drug-likeness (QED) is 0.623. The first-order valence-electron chi connectivity index (χ1n) is 8.64. The SMILES string of the molecule is CCc1cccc(C)c1NC(=O)COC(=O)c1oc2ccc(Cl)cc2c1C. The molecule has 1 heterocycles. The number of hydrogen-bond donors (Lipinski definition) is 1. The maximum absolute atomic E-state index is 12.3. The van der Waals surface area contributed by atoms with Crippen LogP contribution in [0.2, 0.25) is 5.02 Å². The molecule has 0 aliphatic carbocycles. The number of carbonyl (C=O) groups is 2. The van der Waals surface area contributed by atoms with Crippen LogP contribution in [0.1, 0.15) is 34.2 Å². The van der Waals surface area contributed by atoms with Crippen molar-refractivity contribution >= 4 is 40.1 Å². The van der Waals surface area contributed by atoms with Gasteiger partial charge in [0.25, 0.3) is 5.91 Å². The second kappa shape index (κ2) is 7.84. The molecule has 140 valence electrons. The van der Waals surface area contributed by atoms with E-state index in [4.69, 9.17) is 20.8 Å². The molecule has 3 aromatic rings. The second-order valence-electron chi connectivity index (χ2n) is 6.28. The van der Waals surface area contributed by atoms with Crippen molar-refractivity contribution in [2.75, 3.05) is 11.9 Å². The van der Waals surface area contributed by atoms with E-state index in [1.54, 1.807) is 25.1 Å². The zero-order valence-electron chi connectivity index (χ0n) is 15.4. The Hall–Kier alpha value is -2.79. The number of fused-ring (bicyclic) bond motifs is 1. The van der Waals surface area contributed by atoms with E-state index in [0.717, 1.165) is 28.6 Å². The van der Waals surface area contributed by atoms with E-state index in [1.165, 1.54) is 0 Å². The van der Waals surface area contributed by atoms with Gasteiger partial charge in [-0.15, -0.1) is 0 Å². The van der Waals surface area contributed by atoms with Gasteiger partial charge in [-0.2, -0.15) is 0 Å². The standard InChI is InChI=1S/C21H20ClNO4/c1-4-14-7-5-6-12(2)19(14)23-18(24)11-26-21(25)20-13(3)16-10-15(22)8-9-17(16)27-20/h5-10H,4,11H2,1-3H3,(H,23,24). The number of benzene rings is 2. The molecule has 0 atom stereocenters. The Labute approximate surface area is 162 Å². The van der Waals surface area contributed by atoms with Crippen molar-refractivity contribution < 1.29 is 18.7 Å². The van der Waals surface area contributed by atoms with Gasteiger partial charge in [0.05, 0.1) is 0 Å². The van der Waals surface area contributed by atoms with Crippen molar-refractivity contribution in [2.45, 2.75) is 27.2 Å². The van der Waals surface area contributed by atoms with Gasteiger partial charge < -0.3 is 14.5 Å². The molecule has 1 aromatic heterocycles. The number of para-hydroxylation sites is 1. The molecule has 1 amide bonds. The number of carbonyl (C=O) groups excluding carboxylic acids is 2. The summed E-state index contributed by atoms with van der Waals surface area (Å²) in [6, 6.07) is 10.9. The van der Waals surface area contributed by atoms with Crippen LogP contribution < -0.4 is 5.32 Å². The highest BCUT2D eigenvalue weighted by molar-refractivity contribution is 6.31. The average Bonchev–Trinajstić information content (AvgIpc) is 2.97. The largest absolute Gasteiger partial charge is 0.450 e. The lowest BCUT2D eigenvalue weighted by Crippen LogP contribution is -2.22. The fraction of sp³-hybridized carbons (Fsp3) is 0.238. The van der Waals surface area contributed by atoms with Crippen LogP contribution in [0, 0.1) is 13.8 Å². The summed E-state index contributed by atoms with van der Waals surface area (Å²) in [5, 5.41) is 4.11. The Bertz CT molecular complexity index is 1020. The molecule has 6 heteroatoms. The number of rotatable bonds is 5. The minimum absolute atomic E-state index is 0.0743. The van der Waals surface area contributed by atoms with E-state index in [9.17, 15) is 9.59 Å². The first kappa shape index (κ1) is 19.0. The summed E-state index contributed by atoms with van der Waals surface area (Å²) in [5.74, 6) is -1.01. The summed E-state index contributed by atoms with van der Waals surface area (Å²) in [4.78, 5) is 24.6. The number of furan rings is 1. The minimum Gasteiger partial charge on any atom is -0.450 e. The van der Waals surface area contributed by atoms with Crippen LogP contribution in [0.5, 0.6) is 0 Å². The minimum atomic E-state index is -0.685. The summed E-state index contributed by atoms with van der Waals surface area (Å²) < 4.78 is 10.7. The molecule has 0 unspecified atom stereocenters. The van der Waals surface area contributed by atoms with Crippen molar-refractivity contribution in [3.05, 3.63) is 63.9 Å². The van der Waals surface area contributed by atoms with Gasteiger partial charge >= 0.3 is 5.97 Å². The van der Waals surface area contributed by atoms with Gasteiger partial charge in [-0.25, -0.2) is 4.79 Å². The van der Waals surface area contributed by atoms with E-state index < -0.39 is 18.5 Å². The lowest BCUT2D eigenvalue weighted by Gasteiger charge is -2.12. The maximum atomic E-state index is 12.3. The number of halogens is 1. The second-order valence-corrected chi connectivity index (χ2v) is 6.72. The molecule has 0 aliphatic heterocycles. The van der Waals surface area contributed by atoms with E-state index >= 15 is 0 Å². The van der Waals surface area contributed by atoms with Gasteiger partial charge in [0.2, 0.25) is 5.76 Å². The van der Waals surface area contributed by atoms with Crippen LogP contribution in [0.3, 0.4) is 0 Å². The molecule has 3 rings (SSSR count). The zero-order chi connectivity index (χ0) is 19.6. The van der Waals surface area contributed by atoms with Crippen molar-refractivity contribution in [2.24, 2.45) is 0 Å². The first-order valence-corrected chi connectivity index (χ1v) is 9.02. The number of ether oxygens (including phenoxy) is 1. The van der Waals surface area contributed by atoms with Gasteiger partial charge in [0.1, 0.15) is 5.58 Å². The van der Waals surface area contributed by atoms with E-state index in [1.807, 2.05) is 32.0 Å². The molecule has 1 N–H and O–H groups in total. The normalized spacial score (nSPS) is 10.8. The third-order valence-electron chi connectivity index (χ3n) is 4.42. The monoisotopic (exact) mass is 385 g/mol. The number of esters is 1.